The van der Waals surface area contributed by atoms with E-state index in [4.69, 9.17) is 4.74 Å². The van der Waals surface area contributed by atoms with Crippen LogP contribution in [0.3, 0.4) is 0 Å². The molecule has 1 amide bonds. The molecule has 0 saturated heterocycles. The smallest absolute Gasteiger partial charge is 0.226 e. The number of anilines is 1. The number of fused-ring (bicyclic) bond motifs is 2. The Morgan fingerprint density at radius 1 is 1.20 bits per heavy atom. The second-order valence-electron chi connectivity index (χ2n) is 5.60. The fourth-order valence-electron chi connectivity index (χ4n) is 2.62. The number of para-hydroxylation sites is 2. The fraction of sp³-hybridized carbons (Fsp3) is 0.167. The Labute approximate surface area is 147 Å². The van der Waals surface area contributed by atoms with Crippen LogP contribution in [0.25, 0.3) is 21.3 Å². The van der Waals surface area contributed by atoms with Gasteiger partial charge in [0.15, 0.2) is 5.13 Å². The van der Waals surface area contributed by atoms with Gasteiger partial charge in [0.05, 0.1) is 28.4 Å². The Bertz CT molecular complexity index is 1020. The second kappa shape index (κ2) is 6.52. The number of nitrogens with one attached hydrogen (secondary N) is 2. The van der Waals surface area contributed by atoms with Crippen LogP contribution >= 0.6 is 11.3 Å². The van der Waals surface area contributed by atoms with Gasteiger partial charge in [0.1, 0.15) is 11.6 Å². The number of thiazole rings is 1. The molecule has 0 unspecified atom stereocenters. The third-order valence-corrected chi connectivity index (χ3v) is 4.80. The molecule has 4 aromatic rings. The number of aromatic amines is 1. The number of carbonyl (C=O) groups is 1. The molecule has 6 nitrogen and oxygen atoms in total. The molecular weight excluding hydrogens is 336 g/mol. The van der Waals surface area contributed by atoms with Gasteiger partial charge in [-0.2, -0.15) is 0 Å². The van der Waals surface area contributed by atoms with E-state index < -0.39 is 0 Å². The monoisotopic (exact) mass is 352 g/mol. The van der Waals surface area contributed by atoms with Gasteiger partial charge in [0.25, 0.3) is 0 Å². The molecule has 0 fully saturated rings. The minimum atomic E-state index is -0.0773. The number of methoxy groups -OCH3 is 1. The van der Waals surface area contributed by atoms with E-state index in [0.717, 1.165) is 32.8 Å². The Balaban J connectivity index is 1.41. The van der Waals surface area contributed by atoms with Gasteiger partial charge < -0.3 is 15.0 Å². The van der Waals surface area contributed by atoms with Crippen LogP contribution < -0.4 is 10.1 Å². The lowest BCUT2D eigenvalue weighted by Gasteiger charge is -1.99. The Morgan fingerprint density at radius 3 is 2.92 bits per heavy atom. The van der Waals surface area contributed by atoms with Gasteiger partial charge in [-0.15, -0.1) is 0 Å². The van der Waals surface area contributed by atoms with Crippen LogP contribution in [0.4, 0.5) is 5.13 Å². The summed E-state index contributed by atoms with van der Waals surface area (Å²) in [6, 6.07) is 13.5. The molecule has 2 N–H and O–H groups in total. The maximum atomic E-state index is 12.2. The highest BCUT2D eigenvalue weighted by Crippen LogP contribution is 2.29. The molecule has 7 heteroatoms. The normalized spacial score (nSPS) is 11.1. The van der Waals surface area contributed by atoms with E-state index in [1.165, 1.54) is 11.3 Å². The van der Waals surface area contributed by atoms with E-state index in [9.17, 15) is 4.79 Å². The summed E-state index contributed by atoms with van der Waals surface area (Å²) in [6.07, 6.45) is 0.901. The third-order valence-electron chi connectivity index (χ3n) is 3.87. The minimum absolute atomic E-state index is 0.0773. The number of nitrogens with zero attached hydrogens (tertiary/aromatic N) is 2. The van der Waals surface area contributed by atoms with Crippen LogP contribution in [0.1, 0.15) is 12.2 Å². The molecule has 0 aliphatic carbocycles. The van der Waals surface area contributed by atoms with Crippen molar-refractivity contribution in [3.8, 4) is 5.75 Å². The molecule has 0 radical (unpaired) electrons. The number of carbonyl (C=O) groups excluding carboxylic acids is 1. The zero-order chi connectivity index (χ0) is 17.2. The largest absolute Gasteiger partial charge is 0.497 e. The van der Waals surface area contributed by atoms with Crippen LogP contribution in [0, 0.1) is 0 Å². The summed E-state index contributed by atoms with van der Waals surface area (Å²) in [6.45, 7) is 0. The van der Waals surface area contributed by atoms with Crippen molar-refractivity contribution in [3.05, 3.63) is 48.3 Å². The van der Waals surface area contributed by atoms with Gasteiger partial charge in [0, 0.05) is 12.8 Å². The van der Waals surface area contributed by atoms with E-state index in [0.29, 0.717) is 18.0 Å². The summed E-state index contributed by atoms with van der Waals surface area (Å²) in [4.78, 5) is 24.3. The fourth-order valence-corrected chi connectivity index (χ4v) is 3.53. The molecule has 2 aromatic heterocycles. The van der Waals surface area contributed by atoms with Gasteiger partial charge in [-0.25, -0.2) is 9.97 Å². The highest BCUT2D eigenvalue weighted by atomic mass is 32.1. The maximum Gasteiger partial charge on any atom is 0.226 e. The highest BCUT2D eigenvalue weighted by molar-refractivity contribution is 7.22. The Kier molecular flexibility index (Phi) is 4.07. The molecular formula is C18H16N4O2S. The number of amides is 1. The van der Waals surface area contributed by atoms with Gasteiger partial charge in [0.2, 0.25) is 5.91 Å². The van der Waals surface area contributed by atoms with E-state index in [2.05, 4.69) is 20.3 Å². The maximum absolute atomic E-state index is 12.2. The number of H-pyrrole nitrogens is 1. The van der Waals surface area contributed by atoms with Crippen molar-refractivity contribution < 1.29 is 9.53 Å². The summed E-state index contributed by atoms with van der Waals surface area (Å²) in [5, 5.41) is 3.45. The Morgan fingerprint density at radius 2 is 2.08 bits per heavy atom. The third kappa shape index (κ3) is 3.32. The average molecular weight is 352 g/mol. The van der Waals surface area contributed by atoms with Crippen molar-refractivity contribution in [2.45, 2.75) is 12.8 Å². The average Bonchev–Trinajstić information content (AvgIpc) is 3.21. The molecule has 0 bridgehead atoms. The van der Waals surface area contributed by atoms with Gasteiger partial charge in [-0.3, -0.25) is 4.79 Å². The van der Waals surface area contributed by atoms with Crippen LogP contribution in [0.2, 0.25) is 0 Å². The molecule has 0 aliphatic rings. The first-order valence-corrected chi connectivity index (χ1v) is 8.71. The summed E-state index contributed by atoms with van der Waals surface area (Å²) in [5.41, 5.74) is 2.74. The van der Waals surface area contributed by atoms with Crippen LogP contribution in [-0.2, 0) is 11.2 Å². The van der Waals surface area contributed by atoms with E-state index >= 15 is 0 Å². The highest BCUT2D eigenvalue weighted by Gasteiger charge is 2.10. The topological polar surface area (TPSA) is 79.9 Å². The SMILES string of the molecule is COc1ccc2nc(NC(=O)CCc3nc4ccccc4[nH]3)sc2c1. The molecule has 0 saturated carbocycles. The quantitative estimate of drug-likeness (QED) is 0.573. The van der Waals surface area contributed by atoms with Crippen LogP contribution in [0.5, 0.6) is 5.75 Å². The van der Waals surface area contributed by atoms with Crippen molar-refractivity contribution in [2.75, 3.05) is 12.4 Å². The van der Waals surface area contributed by atoms with Crippen molar-refractivity contribution in [1.82, 2.24) is 15.0 Å². The zero-order valence-corrected chi connectivity index (χ0v) is 14.4. The first kappa shape index (κ1) is 15.6. The number of imidazole rings is 1. The van der Waals surface area contributed by atoms with Crippen molar-refractivity contribution in [1.29, 1.82) is 0 Å². The predicted molar refractivity (Wildman–Crippen MR) is 99.2 cm³/mol. The molecule has 0 atom stereocenters. The zero-order valence-electron chi connectivity index (χ0n) is 13.6. The lowest BCUT2D eigenvalue weighted by atomic mass is 10.3. The molecule has 126 valence electrons. The number of aryl methyl sites for hydroxylation is 1. The van der Waals surface area contributed by atoms with Crippen molar-refractivity contribution in [3.63, 3.8) is 0 Å². The van der Waals surface area contributed by atoms with Crippen LogP contribution in [-0.4, -0.2) is 28.0 Å². The molecule has 2 aromatic carbocycles. The van der Waals surface area contributed by atoms with E-state index in [1.54, 1.807) is 7.11 Å². The number of rotatable bonds is 5. The number of benzene rings is 2. The molecule has 2 heterocycles. The van der Waals surface area contributed by atoms with Gasteiger partial charge in [-0.1, -0.05) is 23.5 Å². The molecule has 0 aliphatic heterocycles. The second-order valence-corrected chi connectivity index (χ2v) is 6.63. The van der Waals surface area contributed by atoms with Crippen molar-refractivity contribution in [2.24, 2.45) is 0 Å². The van der Waals surface area contributed by atoms with E-state index in [1.807, 2.05) is 42.5 Å². The summed E-state index contributed by atoms with van der Waals surface area (Å²) in [5.74, 6) is 1.51. The number of ether oxygens (including phenoxy) is 1. The first-order chi connectivity index (χ1) is 12.2. The summed E-state index contributed by atoms with van der Waals surface area (Å²) >= 11 is 1.43. The predicted octanol–water partition coefficient (Wildman–Crippen LogP) is 3.75. The van der Waals surface area contributed by atoms with Crippen LogP contribution in [0.15, 0.2) is 42.5 Å². The number of hydrogen-bond acceptors (Lipinski definition) is 5. The van der Waals surface area contributed by atoms with Gasteiger partial charge in [-0.05, 0) is 30.3 Å². The first-order valence-electron chi connectivity index (χ1n) is 7.89. The van der Waals surface area contributed by atoms with E-state index in [-0.39, 0.29) is 5.91 Å². The standard InChI is InChI=1S/C18H16N4O2S/c1-24-11-6-7-14-15(10-11)25-18(21-14)22-17(23)9-8-16-19-12-4-2-3-5-13(12)20-16/h2-7,10H,8-9H2,1H3,(H,19,20)(H,21,22,23). The number of hydrogen-bond donors (Lipinski definition) is 2. The lowest BCUT2D eigenvalue weighted by molar-refractivity contribution is -0.116. The minimum Gasteiger partial charge on any atom is -0.497 e. The van der Waals surface area contributed by atoms with Crippen molar-refractivity contribution >= 4 is 43.6 Å². The molecule has 4 rings (SSSR count). The lowest BCUT2D eigenvalue weighted by Crippen LogP contribution is -2.12. The molecule has 0 spiro atoms. The summed E-state index contributed by atoms with van der Waals surface area (Å²) in [7, 11) is 1.63. The Hall–Kier alpha value is -2.93. The summed E-state index contributed by atoms with van der Waals surface area (Å²) < 4.78 is 6.18. The van der Waals surface area contributed by atoms with Gasteiger partial charge >= 0.3 is 0 Å². The number of aromatic nitrogens is 3. The molecule has 25 heavy (non-hydrogen) atoms.